The van der Waals surface area contributed by atoms with Gasteiger partial charge in [-0.15, -0.1) is 0 Å². The smallest absolute Gasteiger partial charge is 0.153 e. The van der Waals surface area contributed by atoms with Gasteiger partial charge in [-0.25, -0.2) is 0 Å². The molecule has 2 rings (SSSR count). The maximum Gasteiger partial charge on any atom is 0.153 e. The minimum atomic E-state index is 0.670. The minimum Gasteiger partial charge on any atom is -0.463 e. The average Bonchev–Trinajstić information content (AvgIpc) is 2.77. The second-order valence-electron chi connectivity index (χ2n) is 3.32. The highest BCUT2D eigenvalue weighted by Crippen LogP contribution is 2.34. The van der Waals surface area contributed by atoms with Crippen LogP contribution in [0.3, 0.4) is 0 Å². The number of nitrogens with zero attached hydrogens (tertiary/aromatic N) is 1. The van der Waals surface area contributed by atoms with E-state index in [1.165, 1.54) is 0 Å². The molecule has 0 bridgehead atoms. The summed E-state index contributed by atoms with van der Waals surface area (Å²) in [6.45, 7) is 1.90. The number of furan rings is 1. The van der Waals surface area contributed by atoms with Crippen LogP contribution in [0.1, 0.15) is 16.1 Å². The molecule has 0 aliphatic carbocycles. The first-order chi connectivity index (χ1) is 7.16. The van der Waals surface area contributed by atoms with Gasteiger partial charge in [0.25, 0.3) is 0 Å². The van der Waals surface area contributed by atoms with E-state index in [2.05, 4.69) is 15.9 Å². The average molecular weight is 268 g/mol. The number of rotatable bonds is 2. The van der Waals surface area contributed by atoms with Crippen LogP contribution in [0.4, 0.5) is 0 Å². The molecule has 0 saturated heterocycles. The highest BCUT2D eigenvalue weighted by molar-refractivity contribution is 9.10. The first-order valence-corrected chi connectivity index (χ1v) is 5.30. The highest BCUT2D eigenvalue weighted by Gasteiger charge is 2.18. The molecule has 0 fully saturated rings. The molecule has 2 heterocycles. The van der Waals surface area contributed by atoms with Gasteiger partial charge in [-0.1, -0.05) is 0 Å². The van der Waals surface area contributed by atoms with Crippen LogP contribution in [0.2, 0.25) is 0 Å². The molecule has 0 saturated carbocycles. The maximum atomic E-state index is 10.9. The van der Waals surface area contributed by atoms with Crippen molar-refractivity contribution in [2.75, 3.05) is 0 Å². The molecule has 78 valence electrons. The van der Waals surface area contributed by atoms with Gasteiger partial charge in [0.1, 0.15) is 0 Å². The maximum absolute atomic E-state index is 10.9. The van der Waals surface area contributed by atoms with Gasteiger partial charge in [0, 0.05) is 18.3 Å². The zero-order chi connectivity index (χ0) is 11.0. The molecule has 0 unspecified atom stereocenters. The number of aromatic nitrogens is 1. The molecule has 0 aromatic carbocycles. The fourth-order valence-electron chi connectivity index (χ4n) is 1.61. The molecule has 0 spiro atoms. The molecule has 4 heteroatoms. The molecule has 2 aromatic heterocycles. The van der Waals surface area contributed by atoms with E-state index < -0.39 is 0 Å². The number of halogens is 1. The molecule has 0 N–H and O–H groups in total. The Morgan fingerprint density at radius 2 is 2.27 bits per heavy atom. The van der Waals surface area contributed by atoms with Crippen molar-refractivity contribution in [1.29, 1.82) is 0 Å². The molecule has 15 heavy (non-hydrogen) atoms. The second-order valence-corrected chi connectivity index (χ2v) is 4.11. The number of hydrogen-bond donors (Lipinski definition) is 0. The van der Waals surface area contributed by atoms with Crippen LogP contribution in [-0.4, -0.2) is 10.9 Å². The Balaban J connectivity index is 2.73. The lowest BCUT2D eigenvalue weighted by molar-refractivity contribution is 0.112. The Morgan fingerprint density at radius 1 is 1.53 bits per heavy atom. The van der Waals surface area contributed by atoms with Gasteiger partial charge in [-0.2, -0.15) is 0 Å². The Bertz CT molecular complexity index is 497. The lowest BCUT2D eigenvalue weighted by Gasteiger charge is -2.01. The number of hydrogen-bond acceptors (Lipinski definition) is 2. The third kappa shape index (κ3) is 1.45. The molecule has 2 aromatic rings. The van der Waals surface area contributed by atoms with Crippen molar-refractivity contribution in [1.82, 2.24) is 4.57 Å². The van der Waals surface area contributed by atoms with E-state index >= 15 is 0 Å². The zero-order valence-electron chi connectivity index (χ0n) is 8.45. The van der Waals surface area contributed by atoms with Gasteiger partial charge in [0.05, 0.1) is 16.4 Å². The van der Waals surface area contributed by atoms with Crippen LogP contribution in [0.5, 0.6) is 0 Å². The van der Waals surface area contributed by atoms with E-state index in [-0.39, 0.29) is 0 Å². The summed E-state index contributed by atoms with van der Waals surface area (Å²) >= 11 is 3.42. The third-order valence-corrected chi connectivity index (χ3v) is 3.35. The predicted octanol–water partition coefficient (Wildman–Crippen LogP) is 3.17. The van der Waals surface area contributed by atoms with Gasteiger partial charge < -0.3 is 8.98 Å². The quantitative estimate of drug-likeness (QED) is 0.784. The summed E-state index contributed by atoms with van der Waals surface area (Å²) in [6.07, 6.45) is 2.47. The Kier molecular flexibility index (Phi) is 2.52. The molecule has 3 nitrogen and oxygen atoms in total. The molecule has 0 aliphatic rings. The first kappa shape index (κ1) is 10.2. The third-order valence-electron chi connectivity index (χ3n) is 2.55. The molecular formula is C11H10BrNO2. The van der Waals surface area contributed by atoms with E-state index in [0.717, 1.165) is 27.9 Å². The van der Waals surface area contributed by atoms with Crippen molar-refractivity contribution >= 4 is 22.2 Å². The van der Waals surface area contributed by atoms with Gasteiger partial charge in [-0.3, -0.25) is 4.79 Å². The van der Waals surface area contributed by atoms with Crippen molar-refractivity contribution in [3.8, 4) is 11.5 Å². The van der Waals surface area contributed by atoms with Crippen molar-refractivity contribution in [2.45, 2.75) is 6.92 Å². The summed E-state index contributed by atoms with van der Waals surface area (Å²) in [5, 5.41) is 0. The summed E-state index contributed by atoms with van der Waals surface area (Å²) in [7, 11) is 1.91. The molecule has 0 atom stereocenters. The van der Waals surface area contributed by atoms with Gasteiger partial charge in [0.2, 0.25) is 0 Å². The van der Waals surface area contributed by atoms with Crippen LogP contribution < -0.4 is 0 Å². The van der Waals surface area contributed by atoms with E-state index in [1.807, 2.05) is 30.7 Å². The summed E-state index contributed by atoms with van der Waals surface area (Å²) in [5.74, 6) is 0.751. The lowest BCUT2D eigenvalue weighted by atomic mass is 10.2. The number of carbonyl (C=O) groups is 1. The van der Waals surface area contributed by atoms with E-state index in [0.29, 0.717) is 5.56 Å². The van der Waals surface area contributed by atoms with Crippen LogP contribution >= 0.6 is 15.9 Å². The first-order valence-electron chi connectivity index (χ1n) is 4.50. The van der Waals surface area contributed by atoms with Crippen molar-refractivity contribution in [2.24, 2.45) is 7.05 Å². The van der Waals surface area contributed by atoms with Crippen molar-refractivity contribution in [3.05, 3.63) is 34.1 Å². The summed E-state index contributed by atoms with van der Waals surface area (Å²) in [6, 6.07) is 3.69. The highest BCUT2D eigenvalue weighted by atomic mass is 79.9. The van der Waals surface area contributed by atoms with Crippen molar-refractivity contribution in [3.63, 3.8) is 0 Å². The van der Waals surface area contributed by atoms with E-state index in [1.54, 1.807) is 6.26 Å². The summed E-state index contributed by atoms with van der Waals surface area (Å²) < 4.78 is 8.05. The van der Waals surface area contributed by atoms with Crippen LogP contribution in [0.15, 0.2) is 27.3 Å². The van der Waals surface area contributed by atoms with Gasteiger partial charge >= 0.3 is 0 Å². The fourth-order valence-corrected chi connectivity index (χ4v) is 2.45. The Labute approximate surface area is 95.8 Å². The van der Waals surface area contributed by atoms with Crippen LogP contribution in [-0.2, 0) is 7.05 Å². The van der Waals surface area contributed by atoms with Gasteiger partial charge in [-0.05, 0) is 35.0 Å². The normalized spacial score (nSPS) is 10.6. The minimum absolute atomic E-state index is 0.670. The molecule has 0 radical (unpaired) electrons. The SMILES string of the molecule is Cc1c(C=O)c(Br)c(-c2ccco2)n1C. The zero-order valence-corrected chi connectivity index (χ0v) is 10.0. The molecular weight excluding hydrogens is 258 g/mol. The summed E-state index contributed by atoms with van der Waals surface area (Å²) in [5.41, 5.74) is 2.48. The topological polar surface area (TPSA) is 35.1 Å². The lowest BCUT2D eigenvalue weighted by Crippen LogP contribution is -1.93. The van der Waals surface area contributed by atoms with Crippen LogP contribution in [0, 0.1) is 6.92 Å². The number of carbonyl (C=O) groups excluding carboxylic acids is 1. The second kappa shape index (κ2) is 3.70. The predicted molar refractivity (Wildman–Crippen MR) is 60.9 cm³/mol. The standard InChI is InChI=1S/C11H10BrNO2/c1-7-8(6-14)10(12)11(13(7)2)9-4-3-5-15-9/h3-6H,1-2H3. The van der Waals surface area contributed by atoms with E-state index in [4.69, 9.17) is 4.42 Å². The summed E-state index contributed by atoms with van der Waals surface area (Å²) in [4.78, 5) is 10.9. The van der Waals surface area contributed by atoms with Gasteiger partial charge in [0.15, 0.2) is 12.0 Å². The Hall–Kier alpha value is -1.29. The Morgan fingerprint density at radius 3 is 2.73 bits per heavy atom. The van der Waals surface area contributed by atoms with Crippen molar-refractivity contribution < 1.29 is 9.21 Å². The van der Waals surface area contributed by atoms with Crippen LogP contribution in [0.25, 0.3) is 11.5 Å². The number of aldehydes is 1. The molecule has 0 amide bonds. The monoisotopic (exact) mass is 267 g/mol. The fraction of sp³-hybridized carbons (Fsp3) is 0.182. The largest absolute Gasteiger partial charge is 0.463 e. The molecule has 0 aliphatic heterocycles. The van der Waals surface area contributed by atoms with E-state index in [9.17, 15) is 4.79 Å².